The van der Waals surface area contributed by atoms with Gasteiger partial charge in [-0.25, -0.2) is 4.79 Å². The number of hydrogen-bond acceptors (Lipinski definition) is 3. The van der Waals surface area contributed by atoms with Crippen molar-refractivity contribution >= 4 is 22.8 Å². The topological polar surface area (TPSA) is 80.6 Å². The molecule has 4 rings (SSSR count). The number of aromatic nitrogens is 1. The van der Waals surface area contributed by atoms with Crippen molar-refractivity contribution < 1.29 is 19.4 Å². The van der Waals surface area contributed by atoms with Crippen LogP contribution in [-0.2, 0) is 11.3 Å². The number of carboxylic acid groups (broad SMARTS) is 1. The highest BCUT2D eigenvalue weighted by Crippen LogP contribution is 2.29. The maximum Gasteiger partial charge on any atom is 0.345 e. The van der Waals surface area contributed by atoms with E-state index in [2.05, 4.69) is 55.8 Å². The lowest BCUT2D eigenvalue weighted by molar-refractivity contribution is -0.147. The molecule has 40 heavy (non-hydrogen) atoms. The predicted molar refractivity (Wildman–Crippen MR) is 160 cm³/mol. The number of carbonyl (C=O) groups excluding carboxylic acids is 1. The number of aryl methyl sites for hydroxylation is 1. The molecule has 0 radical (unpaired) electrons. The minimum Gasteiger partial charge on any atom is -0.478 e. The van der Waals surface area contributed by atoms with Crippen molar-refractivity contribution in [2.75, 3.05) is 0 Å². The lowest BCUT2D eigenvalue weighted by Gasteiger charge is -2.19. The van der Waals surface area contributed by atoms with E-state index in [-0.39, 0.29) is 17.9 Å². The third-order valence-electron chi connectivity index (χ3n) is 7.68. The molecule has 0 unspecified atom stereocenters. The molecule has 1 amide bonds. The molecule has 1 aromatic heterocycles. The van der Waals surface area contributed by atoms with Crippen molar-refractivity contribution in [1.82, 2.24) is 9.88 Å². The minimum absolute atomic E-state index is 0.0999. The van der Waals surface area contributed by atoms with E-state index in [4.69, 9.17) is 4.74 Å². The maximum absolute atomic E-state index is 13.2. The molecule has 0 fully saturated rings. The quantitative estimate of drug-likeness (QED) is 0.219. The second-order valence-electron chi connectivity index (χ2n) is 11.3. The Bertz CT molecular complexity index is 1530. The van der Waals surface area contributed by atoms with Crippen LogP contribution in [0.3, 0.4) is 0 Å². The Labute approximate surface area is 237 Å². The average molecular weight is 541 g/mol. The van der Waals surface area contributed by atoms with E-state index in [1.807, 2.05) is 63.2 Å². The first-order chi connectivity index (χ1) is 19.0. The van der Waals surface area contributed by atoms with Crippen LogP contribution in [0.25, 0.3) is 10.9 Å². The van der Waals surface area contributed by atoms with Crippen molar-refractivity contribution in [3.8, 4) is 5.75 Å². The first-order valence-electron chi connectivity index (χ1n) is 13.9. The summed E-state index contributed by atoms with van der Waals surface area (Å²) in [6, 6.07) is 21.7. The van der Waals surface area contributed by atoms with E-state index in [1.54, 1.807) is 6.07 Å². The molecule has 2 N–H and O–H groups in total. The average Bonchev–Trinajstić information content (AvgIpc) is 3.15. The van der Waals surface area contributed by atoms with E-state index >= 15 is 0 Å². The van der Waals surface area contributed by atoms with Gasteiger partial charge in [0.05, 0.1) is 6.04 Å². The van der Waals surface area contributed by atoms with Crippen LogP contribution >= 0.6 is 0 Å². The van der Waals surface area contributed by atoms with Gasteiger partial charge in [0, 0.05) is 34.6 Å². The van der Waals surface area contributed by atoms with Crippen LogP contribution in [0.2, 0.25) is 0 Å². The SMILES string of the molecule is Cc1c(C)n(Cc2cccc(O[C@@H](C(=O)O)C(C)C)c2)c2ccc(C(=O)N[C@@H](C)c3cccc(C(C)C)c3)cc12. The lowest BCUT2D eigenvalue weighted by atomic mass is 9.98. The van der Waals surface area contributed by atoms with Crippen LogP contribution in [0.15, 0.2) is 66.7 Å². The Balaban J connectivity index is 1.56. The summed E-state index contributed by atoms with van der Waals surface area (Å²) in [5.74, 6) is -0.258. The molecule has 0 aliphatic rings. The summed E-state index contributed by atoms with van der Waals surface area (Å²) in [4.78, 5) is 24.8. The van der Waals surface area contributed by atoms with Crippen molar-refractivity contribution in [3.63, 3.8) is 0 Å². The zero-order valence-electron chi connectivity index (χ0n) is 24.5. The van der Waals surface area contributed by atoms with Gasteiger partial charge in [0.25, 0.3) is 5.91 Å². The van der Waals surface area contributed by atoms with Crippen LogP contribution in [-0.4, -0.2) is 27.7 Å². The highest BCUT2D eigenvalue weighted by atomic mass is 16.5. The fraction of sp³-hybridized carbons (Fsp3) is 0.353. The number of fused-ring (bicyclic) bond motifs is 1. The molecular weight excluding hydrogens is 500 g/mol. The van der Waals surface area contributed by atoms with E-state index in [9.17, 15) is 14.7 Å². The second kappa shape index (κ2) is 12.0. The second-order valence-corrected chi connectivity index (χ2v) is 11.3. The van der Waals surface area contributed by atoms with E-state index in [1.165, 1.54) is 5.56 Å². The molecule has 0 aliphatic carbocycles. The first-order valence-corrected chi connectivity index (χ1v) is 13.9. The molecule has 1 heterocycles. The first kappa shape index (κ1) is 28.9. The Morgan fingerprint density at radius 3 is 2.27 bits per heavy atom. The van der Waals surface area contributed by atoms with Gasteiger partial charge in [-0.2, -0.15) is 0 Å². The van der Waals surface area contributed by atoms with Crippen LogP contribution in [0.1, 0.15) is 84.9 Å². The third-order valence-corrected chi connectivity index (χ3v) is 7.68. The summed E-state index contributed by atoms with van der Waals surface area (Å²) in [5, 5.41) is 13.7. The number of ether oxygens (including phenoxy) is 1. The normalized spacial score (nSPS) is 13.0. The molecule has 0 bridgehead atoms. The van der Waals surface area contributed by atoms with Gasteiger partial charge < -0.3 is 19.7 Å². The van der Waals surface area contributed by atoms with Crippen LogP contribution in [0, 0.1) is 19.8 Å². The van der Waals surface area contributed by atoms with Gasteiger partial charge in [0.2, 0.25) is 0 Å². The molecule has 210 valence electrons. The van der Waals surface area contributed by atoms with Crippen LogP contribution in [0.4, 0.5) is 0 Å². The standard InChI is InChI=1S/C34H40N2O4/c1-20(2)26-11-9-12-27(17-26)23(6)35-33(37)28-14-15-31-30(18-28)22(5)24(7)36(31)19-25-10-8-13-29(16-25)40-32(21(3)4)34(38)39/h8-18,20-21,23,32H,19H2,1-7H3,(H,35,37)(H,38,39)/t23-,32+/m0/s1. The smallest absolute Gasteiger partial charge is 0.345 e. The number of aliphatic carboxylic acids is 1. The number of nitrogens with one attached hydrogen (secondary N) is 1. The summed E-state index contributed by atoms with van der Waals surface area (Å²) >= 11 is 0. The van der Waals surface area contributed by atoms with Crippen molar-refractivity contribution in [2.24, 2.45) is 5.92 Å². The van der Waals surface area contributed by atoms with Crippen LogP contribution in [0.5, 0.6) is 5.75 Å². The molecule has 0 spiro atoms. The van der Waals surface area contributed by atoms with E-state index in [0.29, 0.717) is 23.8 Å². The molecule has 3 aromatic carbocycles. The van der Waals surface area contributed by atoms with Gasteiger partial charge in [-0.3, -0.25) is 4.79 Å². The lowest BCUT2D eigenvalue weighted by Crippen LogP contribution is -2.32. The third kappa shape index (κ3) is 6.22. The number of carboxylic acids is 1. The Morgan fingerprint density at radius 2 is 1.60 bits per heavy atom. The summed E-state index contributed by atoms with van der Waals surface area (Å²) in [7, 11) is 0. The molecule has 2 atom stereocenters. The van der Waals surface area contributed by atoms with Crippen molar-refractivity contribution in [1.29, 1.82) is 0 Å². The zero-order valence-corrected chi connectivity index (χ0v) is 24.5. The highest BCUT2D eigenvalue weighted by Gasteiger charge is 2.23. The van der Waals surface area contributed by atoms with Crippen LogP contribution < -0.4 is 10.1 Å². The van der Waals surface area contributed by atoms with Gasteiger partial charge in [-0.05, 0) is 79.3 Å². The summed E-state index contributed by atoms with van der Waals surface area (Å²) in [6.45, 7) is 14.8. The van der Waals surface area contributed by atoms with Crippen molar-refractivity contribution in [2.45, 2.75) is 73.1 Å². The molecule has 6 heteroatoms. The largest absolute Gasteiger partial charge is 0.478 e. The van der Waals surface area contributed by atoms with Gasteiger partial charge >= 0.3 is 5.97 Å². The van der Waals surface area contributed by atoms with Gasteiger partial charge in [-0.15, -0.1) is 0 Å². The molecule has 4 aromatic rings. The molecule has 0 aliphatic heterocycles. The fourth-order valence-electron chi connectivity index (χ4n) is 5.06. The van der Waals surface area contributed by atoms with Gasteiger partial charge in [-0.1, -0.05) is 64.1 Å². The molecule has 0 saturated heterocycles. The summed E-state index contributed by atoms with van der Waals surface area (Å²) in [6.07, 6.45) is -0.905. The zero-order chi connectivity index (χ0) is 29.1. The summed E-state index contributed by atoms with van der Waals surface area (Å²) in [5.41, 5.74) is 7.26. The van der Waals surface area contributed by atoms with Crippen molar-refractivity contribution in [3.05, 3.63) is 100 Å². The number of rotatable bonds is 10. The van der Waals surface area contributed by atoms with E-state index < -0.39 is 12.1 Å². The summed E-state index contributed by atoms with van der Waals surface area (Å²) < 4.78 is 8.03. The molecular formula is C34H40N2O4. The maximum atomic E-state index is 13.2. The fourth-order valence-corrected chi connectivity index (χ4v) is 5.06. The number of amides is 1. The minimum atomic E-state index is -0.971. The Kier molecular flexibility index (Phi) is 8.67. The molecule has 0 saturated carbocycles. The Hall–Kier alpha value is -4.06. The number of benzene rings is 3. The molecule has 6 nitrogen and oxygen atoms in total. The number of carbonyl (C=O) groups is 2. The Morgan fingerprint density at radius 1 is 0.900 bits per heavy atom. The number of hydrogen-bond donors (Lipinski definition) is 2. The monoisotopic (exact) mass is 540 g/mol. The number of nitrogens with zero attached hydrogens (tertiary/aromatic N) is 1. The van der Waals surface area contributed by atoms with E-state index in [0.717, 1.165) is 33.3 Å². The van der Waals surface area contributed by atoms with Gasteiger partial charge in [0.15, 0.2) is 6.10 Å². The van der Waals surface area contributed by atoms with Gasteiger partial charge in [0.1, 0.15) is 5.75 Å². The predicted octanol–water partition coefficient (Wildman–Crippen LogP) is 7.41. The highest BCUT2D eigenvalue weighted by molar-refractivity contribution is 5.99.